The largest absolute Gasteiger partial charge is 0.495 e. The number of anilines is 2. The van der Waals surface area contributed by atoms with E-state index in [0.29, 0.717) is 17.2 Å². The SMILES string of the molecule is COc1ccccc1Nc1cc(-c2ccccc2)oc(=O)c1. The lowest BCUT2D eigenvalue weighted by Crippen LogP contribution is -2.02. The van der Waals surface area contributed by atoms with Gasteiger partial charge in [-0.25, -0.2) is 4.79 Å². The highest BCUT2D eigenvalue weighted by Crippen LogP contribution is 2.28. The molecule has 0 unspecified atom stereocenters. The van der Waals surface area contributed by atoms with Gasteiger partial charge in [0.1, 0.15) is 11.5 Å². The van der Waals surface area contributed by atoms with E-state index >= 15 is 0 Å². The molecule has 2 aromatic carbocycles. The lowest BCUT2D eigenvalue weighted by molar-refractivity contribution is 0.417. The Morgan fingerprint density at radius 1 is 0.955 bits per heavy atom. The van der Waals surface area contributed by atoms with Crippen molar-refractivity contribution in [1.29, 1.82) is 0 Å². The smallest absolute Gasteiger partial charge is 0.338 e. The summed E-state index contributed by atoms with van der Waals surface area (Å²) in [6, 6.07) is 20.2. The first-order chi connectivity index (χ1) is 10.8. The summed E-state index contributed by atoms with van der Waals surface area (Å²) in [5.41, 5.74) is 1.89. The highest BCUT2D eigenvalue weighted by Gasteiger charge is 2.07. The van der Waals surface area contributed by atoms with Crippen molar-refractivity contribution >= 4 is 11.4 Å². The number of ether oxygens (including phenoxy) is 1. The standard InChI is InChI=1S/C18H15NO3/c1-21-16-10-6-5-9-15(16)19-14-11-17(22-18(20)12-14)13-7-3-2-4-8-13/h2-12,19H,1H3. The summed E-state index contributed by atoms with van der Waals surface area (Å²) in [5.74, 6) is 1.22. The Bertz CT molecular complexity index is 825. The van der Waals surface area contributed by atoms with Gasteiger partial charge in [-0.3, -0.25) is 0 Å². The van der Waals surface area contributed by atoms with Crippen LogP contribution in [-0.4, -0.2) is 7.11 Å². The van der Waals surface area contributed by atoms with E-state index in [0.717, 1.165) is 11.3 Å². The highest BCUT2D eigenvalue weighted by atomic mass is 16.5. The molecule has 4 heteroatoms. The van der Waals surface area contributed by atoms with Crippen molar-refractivity contribution in [3.63, 3.8) is 0 Å². The summed E-state index contributed by atoms with van der Waals surface area (Å²) in [7, 11) is 1.61. The van der Waals surface area contributed by atoms with E-state index in [1.807, 2.05) is 54.6 Å². The quantitative estimate of drug-likeness (QED) is 0.788. The normalized spacial score (nSPS) is 10.2. The molecule has 0 atom stereocenters. The van der Waals surface area contributed by atoms with Crippen LogP contribution >= 0.6 is 0 Å². The predicted octanol–water partition coefficient (Wildman–Crippen LogP) is 4.06. The first kappa shape index (κ1) is 13.9. The first-order valence-electron chi connectivity index (χ1n) is 6.87. The maximum Gasteiger partial charge on any atom is 0.338 e. The Hall–Kier alpha value is -3.01. The zero-order valence-corrected chi connectivity index (χ0v) is 12.1. The van der Waals surface area contributed by atoms with Crippen molar-refractivity contribution in [3.05, 3.63) is 77.2 Å². The summed E-state index contributed by atoms with van der Waals surface area (Å²) in [5, 5.41) is 3.19. The van der Waals surface area contributed by atoms with Crippen molar-refractivity contribution in [1.82, 2.24) is 0 Å². The van der Waals surface area contributed by atoms with Gasteiger partial charge >= 0.3 is 5.63 Å². The van der Waals surface area contributed by atoms with Crippen molar-refractivity contribution in [3.8, 4) is 17.1 Å². The van der Waals surface area contributed by atoms with Crippen LogP contribution in [0.25, 0.3) is 11.3 Å². The summed E-state index contributed by atoms with van der Waals surface area (Å²) in [6.07, 6.45) is 0. The third kappa shape index (κ3) is 3.01. The third-order valence-corrected chi connectivity index (χ3v) is 3.21. The average molecular weight is 293 g/mol. The Morgan fingerprint density at radius 3 is 2.45 bits per heavy atom. The molecule has 0 aliphatic carbocycles. The summed E-state index contributed by atoms with van der Waals surface area (Å²) >= 11 is 0. The molecule has 0 bridgehead atoms. The van der Waals surface area contributed by atoms with Gasteiger partial charge in [-0.2, -0.15) is 0 Å². The van der Waals surface area contributed by atoms with Crippen LogP contribution in [0.5, 0.6) is 5.75 Å². The summed E-state index contributed by atoms with van der Waals surface area (Å²) in [4.78, 5) is 11.8. The fourth-order valence-corrected chi connectivity index (χ4v) is 2.20. The number of hydrogen-bond donors (Lipinski definition) is 1. The molecule has 0 fully saturated rings. The highest BCUT2D eigenvalue weighted by molar-refractivity contribution is 5.69. The minimum Gasteiger partial charge on any atom is -0.495 e. The van der Waals surface area contributed by atoms with Gasteiger partial charge in [-0.1, -0.05) is 42.5 Å². The summed E-state index contributed by atoms with van der Waals surface area (Å²) < 4.78 is 10.6. The molecule has 0 saturated carbocycles. The fraction of sp³-hybridized carbons (Fsp3) is 0.0556. The van der Waals surface area contributed by atoms with Crippen molar-refractivity contribution in [2.24, 2.45) is 0 Å². The van der Waals surface area contributed by atoms with E-state index in [1.165, 1.54) is 6.07 Å². The molecular formula is C18H15NO3. The van der Waals surface area contributed by atoms with Crippen LogP contribution in [0.2, 0.25) is 0 Å². The van der Waals surface area contributed by atoms with Crippen LogP contribution in [0.15, 0.2) is 75.9 Å². The van der Waals surface area contributed by atoms with Crippen LogP contribution in [-0.2, 0) is 0 Å². The van der Waals surface area contributed by atoms with Crippen LogP contribution in [0.1, 0.15) is 0 Å². The fourth-order valence-electron chi connectivity index (χ4n) is 2.20. The lowest BCUT2D eigenvalue weighted by Gasteiger charge is -2.11. The van der Waals surface area contributed by atoms with Gasteiger partial charge in [0.2, 0.25) is 0 Å². The lowest BCUT2D eigenvalue weighted by atomic mass is 10.1. The maximum atomic E-state index is 11.8. The molecule has 4 nitrogen and oxygen atoms in total. The molecule has 0 amide bonds. The first-order valence-corrected chi connectivity index (χ1v) is 6.87. The van der Waals surface area contributed by atoms with E-state index in [-0.39, 0.29) is 0 Å². The van der Waals surface area contributed by atoms with E-state index in [2.05, 4.69) is 5.32 Å². The van der Waals surface area contributed by atoms with Gasteiger partial charge in [0.25, 0.3) is 0 Å². The molecule has 1 heterocycles. The van der Waals surface area contributed by atoms with Gasteiger partial charge in [0.15, 0.2) is 0 Å². The zero-order valence-electron chi connectivity index (χ0n) is 12.1. The molecule has 0 saturated heterocycles. The molecule has 0 aliphatic rings. The van der Waals surface area contributed by atoms with Gasteiger partial charge < -0.3 is 14.5 Å². The molecule has 1 N–H and O–H groups in total. The van der Waals surface area contributed by atoms with Crippen LogP contribution < -0.4 is 15.7 Å². The summed E-state index contributed by atoms with van der Waals surface area (Å²) in [6.45, 7) is 0. The van der Waals surface area contributed by atoms with E-state index in [4.69, 9.17) is 9.15 Å². The number of para-hydroxylation sites is 2. The van der Waals surface area contributed by atoms with E-state index < -0.39 is 5.63 Å². The Morgan fingerprint density at radius 2 is 1.68 bits per heavy atom. The molecule has 22 heavy (non-hydrogen) atoms. The molecular weight excluding hydrogens is 278 g/mol. The minimum atomic E-state index is -0.404. The monoisotopic (exact) mass is 293 g/mol. The Balaban J connectivity index is 1.98. The molecule has 3 aromatic rings. The molecule has 0 spiro atoms. The third-order valence-electron chi connectivity index (χ3n) is 3.21. The maximum absolute atomic E-state index is 11.8. The van der Waals surface area contributed by atoms with E-state index in [9.17, 15) is 4.79 Å². The van der Waals surface area contributed by atoms with Crippen LogP contribution in [0.3, 0.4) is 0 Å². The topological polar surface area (TPSA) is 51.5 Å². The second-order valence-electron chi connectivity index (χ2n) is 4.72. The van der Waals surface area contributed by atoms with Crippen molar-refractivity contribution in [2.45, 2.75) is 0 Å². The molecule has 1 aromatic heterocycles. The Labute approximate surface area is 128 Å². The second kappa shape index (κ2) is 6.18. The Kier molecular flexibility index (Phi) is 3.92. The van der Waals surface area contributed by atoms with E-state index in [1.54, 1.807) is 13.2 Å². The average Bonchev–Trinajstić information content (AvgIpc) is 2.56. The number of rotatable bonds is 4. The number of methoxy groups -OCH3 is 1. The predicted molar refractivity (Wildman–Crippen MR) is 86.7 cm³/mol. The van der Waals surface area contributed by atoms with Gasteiger partial charge in [-0.05, 0) is 12.1 Å². The molecule has 110 valence electrons. The zero-order chi connectivity index (χ0) is 15.4. The number of hydrogen-bond acceptors (Lipinski definition) is 4. The number of nitrogens with one attached hydrogen (secondary N) is 1. The molecule has 0 aliphatic heterocycles. The number of benzene rings is 2. The van der Waals surface area contributed by atoms with Gasteiger partial charge in [0.05, 0.1) is 12.8 Å². The second-order valence-corrected chi connectivity index (χ2v) is 4.72. The van der Waals surface area contributed by atoms with Crippen molar-refractivity contribution in [2.75, 3.05) is 12.4 Å². The molecule has 0 radical (unpaired) electrons. The van der Waals surface area contributed by atoms with Gasteiger partial charge in [0, 0.05) is 23.4 Å². The van der Waals surface area contributed by atoms with Crippen molar-refractivity contribution < 1.29 is 9.15 Å². The van der Waals surface area contributed by atoms with Gasteiger partial charge in [-0.15, -0.1) is 0 Å². The van der Waals surface area contributed by atoms with Crippen LogP contribution in [0, 0.1) is 0 Å². The minimum absolute atomic E-state index is 0.404. The molecule has 3 rings (SSSR count). The van der Waals surface area contributed by atoms with Crippen LogP contribution in [0.4, 0.5) is 11.4 Å².